The molecule has 0 atom stereocenters. The molecule has 4 heteroatoms. The van der Waals surface area contributed by atoms with Crippen molar-refractivity contribution in [3.05, 3.63) is 46.0 Å². The van der Waals surface area contributed by atoms with Crippen LogP contribution in [0.25, 0.3) is 0 Å². The number of benzene rings is 1. The standard InChI is InChI=1S/C14H17BrN2O/c15-13-3-1-2-12(10-13)14(18)17-9-6-11-4-7-16-8-5-11/h1-4,10,16H,5-9H2,(H,17,18). The number of halogens is 1. The minimum atomic E-state index is -0.00849. The van der Waals surface area contributed by atoms with Crippen molar-refractivity contribution in [2.24, 2.45) is 0 Å². The summed E-state index contributed by atoms with van der Waals surface area (Å²) in [6.07, 6.45) is 4.25. The van der Waals surface area contributed by atoms with E-state index in [1.165, 1.54) is 5.57 Å². The molecule has 0 bridgehead atoms. The zero-order valence-corrected chi connectivity index (χ0v) is 11.8. The van der Waals surface area contributed by atoms with Gasteiger partial charge in [-0.1, -0.05) is 33.6 Å². The van der Waals surface area contributed by atoms with E-state index in [9.17, 15) is 4.79 Å². The highest BCUT2D eigenvalue weighted by Crippen LogP contribution is 2.12. The van der Waals surface area contributed by atoms with Gasteiger partial charge >= 0.3 is 0 Å². The van der Waals surface area contributed by atoms with Gasteiger partial charge in [0.05, 0.1) is 0 Å². The largest absolute Gasteiger partial charge is 0.352 e. The SMILES string of the molecule is O=C(NCCC1=CCNCC1)c1cccc(Br)c1. The second-order valence-corrected chi connectivity index (χ2v) is 5.25. The van der Waals surface area contributed by atoms with Gasteiger partial charge in [0.1, 0.15) is 0 Å². The maximum Gasteiger partial charge on any atom is 0.251 e. The van der Waals surface area contributed by atoms with E-state index >= 15 is 0 Å². The first-order valence-electron chi connectivity index (χ1n) is 6.18. The molecule has 3 nitrogen and oxygen atoms in total. The van der Waals surface area contributed by atoms with Crippen LogP contribution in [-0.2, 0) is 0 Å². The summed E-state index contributed by atoms with van der Waals surface area (Å²) in [5.41, 5.74) is 2.13. The average molecular weight is 309 g/mol. The van der Waals surface area contributed by atoms with Crippen LogP contribution in [0.2, 0.25) is 0 Å². The first kappa shape index (κ1) is 13.3. The Morgan fingerprint density at radius 2 is 2.33 bits per heavy atom. The second kappa shape index (κ2) is 6.71. The van der Waals surface area contributed by atoms with Gasteiger partial charge in [0.25, 0.3) is 5.91 Å². The number of amides is 1. The summed E-state index contributed by atoms with van der Waals surface area (Å²) in [6, 6.07) is 7.44. The van der Waals surface area contributed by atoms with Crippen LogP contribution in [0, 0.1) is 0 Å². The van der Waals surface area contributed by atoms with Crippen LogP contribution in [0.1, 0.15) is 23.2 Å². The Balaban J connectivity index is 1.79. The molecule has 0 saturated carbocycles. The zero-order valence-electron chi connectivity index (χ0n) is 10.2. The summed E-state index contributed by atoms with van der Waals surface area (Å²) in [5.74, 6) is -0.00849. The molecule has 1 aliphatic heterocycles. The highest BCUT2D eigenvalue weighted by molar-refractivity contribution is 9.10. The smallest absolute Gasteiger partial charge is 0.251 e. The van der Waals surface area contributed by atoms with Gasteiger partial charge in [0.15, 0.2) is 0 Å². The first-order chi connectivity index (χ1) is 8.75. The number of rotatable bonds is 4. The minimum Gasteiger partial charge on any atom is -0.352 e. The van der Waals surface area contributed by atoms with Crippen molar-refractivity contribution in [3.8, 4) is 0 Å². The quantitative estimate of drug-likeness (QED) is 0.839. The Hall–Kier alpha value is -1.13. The fourth-order valence-electron chi connectivity index (χ4n) is 1.97. The summed E-state index contributed by atoms with van der Waals surface area (Å²) in [7, 11) is 0. The van der Waals surface area contributed by atoms with Gasteiger partial charge in [-0.05, 0) is 37.6 Å². The Bertz CT molecular complexity index is 457. The third-order valence-electron chi connectivity index (χ3n) is 2.98. The van der Waals surface area contributed by atoms with Gasteiger partial charge < -0.3 is 10.6 Å². The molecule has 0 unspecified atom stereocenters. The van der Waals surface area contributed by atoms with E-state index < -0.39 is 0 Å². The van der Waals surface area contributed by atoms with Crippen LogP contribution in [0.5, 0.6) is 0 Å². The predicted octanol–water partition coefficient (Wildman–Crippen LogP) is 2.49. The molecule has 1 aromatic carbocycles. The number of hydrogen-bond donors (Lipinski definition) is 2. The van der Waals surface area contributed by atoms with Crippen molar-refractivity contribution in [1.82, 2.24) is 10.6 Å². The monoisotopic (exact) mass is 308 g/mol. The third-order valence-corrected chi connectivity index (χ3v) is 3.47. The molecule has 1 amide bonds. The van der Waals surface area contributed by atoms with Crippen LogP contribution in [-0.4, -0.2) is 25.5 Å². The number of carbonyl (C=O) groups is 1. The topological polar surface area (TPSA) is 41.1 Å². The minimum absolute atomic E-state index is 0.00849. The van der Waals surface area contributed by atoms with Crippen LogP contribution < -0.4 is 10.6 Å². The Morgan fingerprint density at radius 1 is 1.44 bits per heavy atom. The second-order valence-electron chi connectivity index (χ2n) is 4.33. The molecule has 2 N–H and O–H groups in total. The Morgan fingerprint density at radius 3 is 3.06 bits per heavy atom. The molecule has 2 rings (SSSR count). The lowest BCUT2D eigenvalue weighted by atomic mass is 10.1. The molecule has 0 radical (unpaired) electrons. The number of carbonyl (C=O) groups excluding carboxylic acids is 1. The van der Waals surface area contributed by atoms with Crippen molar-refractivity contribution in [2.75, 3.05) is 19.6 Å². The van der Waals surface area contributed by atoms with Gasteiger partial charge in [-0.15, -0.1) is 0 Å². The van der Waals surface area contributed by atoms with Crippen LogP contribution in [0.15, 0.2) is 40.4 Å². The number of nitrogens with one attached hydrogen (secondary N) is 2. The van der Waals surface area contributed by atoms with Crippen molar-refractivity contribution in [2.45, 2.75) is 12.8 Å². The first-order valence-corrected chi connectivity index (χ1v) is 6.97. The lowest BCUT2D eigenvalue weighted by Crippen LogP contribution is -2.26. The maximum atomic E-state index is 11.9. The summed E-state index contributed by atoms with van der Waals surface area (Å²) in [4.78, 5) is 11.9. The van der Waals surface area contributed by atoms with E-state index in [1.807, 2.05) is 24.3 Å². The molecule has 1 aromatic rings. The average Bonchev–Trinajstić information content (AvgIpc) is 2.40. The highest BCUT2D eigenvalue weighted by atomic mass is 79.9. The fourth-order valence-corrected chi connectivity index (χ4v) is 2.36. The van der Waals surface area contributed by atoms with E-state index in [0.29, 0.717) is 12.1 Å². The predicted molar refractivity (Wildman–Crippen MR) is 76.7 cm³/mol. The van der Waals surface area contributed by atoms with E-state index in [1.54, 1.807) is 0 Å². The Kier molecular flexibility index (Phi) is 4.96. The maximum absolute atomic E-state index is 11.9. The third kappa shape index (κ3) is 3.96. The van der Waals surface area contributed by atoms with E-state index in [4.69, 9.17) is 0 Å². The van der Waals surface area contributed by atoms with Crippen LogP contribution in [0.4, 0.5) is 0 Å². The molecule has 96 valence electrons. The van der Waals surface area contributed by atoms with Gasteiger partial charge in [0, 0.05) is 23.1 Å². The fraction of sp³-hybridized carbons (Fsp3) is 0.357. The van der Waals surface area contributed by atoms with Gasteiger partial charge in [-0.25, -0.2) is 0 Å². The molecule has 0 spiro atoms. The summed E-state index contributed by atoms with van der Waals surface area (Å²) in [6.45, 7) is 2.71. The molecule has 1 aliphatic rings. The number of hydrogen-bond acceptors (Lipinski definition) is 2. The van der Waals surface area contributed by atoms with E-state index in [-0.39, 0.29) is 5.91 Å². The van der Waals surface area contributed by atoms with Crippen LogP contribution in [0.3, 0.4) is 0 Å². The molecule has 0 aromatic heterocycles. The lowest BCUT2D eigenvalue weighted by molar-refractivity contribution is 0.0954. The van der Waals surface area contributed by atoms with E-state index in [0.717, 1.165) is 30.4 Å². The van der Waals surface area contributed by atoms with Gasteiger partial charge in [-0.2, -0.15) is 0 Å². The van der Waals surface area contributed by atoms with Crippen molar-refractivity contribution in [1.29, 1.82) is 0 Å². The zero-order chi connectivity index (χ0) is 12.8. The summed E-state index contributed by atoms with van der Waals surface area (Å²) in [5, 5.41) is 6.23. The van der Waals surface area contributed by atoms with Crippen molar-refractivity contribution >= 4 is 21.8 Å². The molecule has 1 heterocycles. The summed E-state index contributed by atoms with van der Waals surface area (Å²) >= 11 is 3.37. The van der Waals surface area contributed by atoms with E-state index in [2.05, 4.69) is 32.6 Å². The highest BCUT2D eigenvalue weighted by Gasteiger charge is 2.06. The van der Waals surface area contributed by atoms with Crippen molar-refractivity contribution in [3.63, 3.8) is 0 Å². The molecule has 0 saturated heterocycles. The lowest BCUT2D eigenvalue weighted by Gasteiger charge is -2.14. The molecule has 18 heavy (non-hydrogen) atoms. The normalized spacial score (nSPS) is 15.1. The van der Waals surface area contributed by atoms with Gasteiger partial charge in [-0.3, -0.25) is 4.79 Å². The molecule has 0 aliphatic carbocycles. The van der Waals surface area contributed by atoms with Crippen molar-refractivity contribution < 1.29 is 4.79 Å². The molecular weight excluding hydrogens is 292 g/mol. The van der Waals surface area contributed by atoms with Crippen LogP contribution >= 0.6 is 15.9 Å². The van der Waals surface area contributed by atoms with Gasteiger partial charge in [0.2, 0.25) is 0 Å². The Labute approximate surface area is 116 Å². The summed E-state index contributed by atoms with van der Waals surface area (Å²) < 4.78 is 0.927. The molecular formula is C14H17BrN2O. The molecule has 0 fully saturated rings.